The molecule has 0 bridgehead atoms. The van der Waals surface area contributed by atoms with E-state index in [9.17, 15) is 0 Å². The van der Waals surface area contributed by atoms with Crippen molar-refractivity contribution in [3.8, 4) is 5.69 Å². The molecule has 2 aromatic heterocycles. The monoisotopic (exact) mass is 295 g/mol. The van der Waals surface area contributed by atoms with Crippen LogP contribution in [-0.2, 0) is 0 Å². The van der Waals surface area contributed by atoms with Crippen molar-refractivity contribution >= 4 is 28.6 Å². The second-order valence-corrected chi connectivity index (χ2v) is 5.83. The van der Waals surface area contributed by atoms with Crippen LogP contribution in [-0.4, -0.2) is 9.55 Å². The summed E-state index contributed by atoms with van der Waals surface area (Å²) in [5.41, 5.74) is 11.4. The summed E-state index contributed by atoms with van der Waals surface area (Å²) in [5.74, 6) is 0. The van der Waals surface area contributed by atoms with Gasteiger partial charge in [-0.15, -0.1) is 11.3 Å². The minimum absolute atomic E-state index is 0.601. The molecule has 0 aliphatic heterocycles. The van der Waals surface area contributed by atoms with Gasteiger partial charge in [0.2, 0.25) is 0 Å². The Labute approximate surface area is 128 Å². The van der Waals surface area contributed by atoms with Crippen LogP contribution in [0.3, 0.4) is 0 Å². The van der Waals surface area contributed by atoms with Gasteiger partial charge in [-0.2, -0.15) is 0 Å². The maximum atomic E-state index is 5.65. The van der Waals surface area contributed by atoms with Gasteiger partial charge in [0.05, 0.1) is 5.69 Å². The molecule has 2 heterocycles. The third-order valence-electron chi connectivity index (χ3n) is 3.46. The van der Waals surface area contributed by atoms with Gasteiger partial charge in [0, 0.05) is 22.5 Å². The van der Waals surface area contributed by atoms with Gasteiger partial charge in [0.1, 0.15) is 0 Å². The highest BCUT2D eigenvalue weighted by Crippen LogP contribution is 2.22. The smallest absolute Gasteiger partial charge is 0.180 e. The number of aromatic nitrogens is 2. The molecule has 0 unspecified atom stereocenters. The van der Waals surface area contributed by atoms with E-state index in [-0.39, 0.29) is 0 Å². The van der Waals surface area contributed by atoms with E-state index in [4.69, 9.17) is 5.73 Å². The Morgan fingerprint density at radius 1 is 1.14 bits per heavy atom. The summed E-state index contributed by atoms with van der Waals surface area (Å²) in [7, 11) is 0. The Hall–Kier alpha value is -2.33. The SMILES string of the molecule is Cc1cc(/C=C/c2csc(N)n2)c(C)n1-c1ccccc1. The van der Waals surface area contributed by atoms with Gasteiger partial charge in [0.25, 0.3) is 0 Å². The maximum absolute atomic E-state index is 5.65. The summed E-state index contributed by atoms with van der Waals surface area (Å²) in [5, 5.41) is 2.56. The lowest BCUT2D eigenvalue weighted by molar-refractivity contribution is 0.965. The highest BCUT2D eigenvalue weighted by Gasteiger charge is 2.08. The van der Waals surface area contributed by atoms with E-state index in [1.165, 1.54) is 34.0 Å². The highest BCUT2D eigenvalue weighted by molar-refractivity contribution is 7.13. The Morgan fingerprint density at radius 3 is 2.57 bits per heavy atom. The van der Waals surface area contributed by atoms with Gasteiger partial charge in [-0.05, 0) is 43.7 Å². The number of hydrogen-bond donors (Lipinski definition) is 1. The third kappa shape index (κ3) is 2.76. The fourth-order valence-electron chi connectivity index (χ4n) is 2.48. The minimum Gasteiger partial charge on any atom is -0.375 e. The second kappa shape index (κ2) is 5.58. The molecule has 3 rings (SSSR count). The molecule has 0 fully saturated rings. The molecule has 0 saturated carbocycles. The van der Waals surface area contributed by atoms with E-state index >= 15 is 0 Å². The predicted molar refractivity (Wildman–Crippen MR) is 90.7 cm³/mol. The molecule has 0 atom stereocenters. The number of aryl methyl sites for hydroxylation is 1. The van der Waals surface area contributed by atoms with Gasteiger partial charge < -0.3 is 10.3 Å². The topological polar surface area (TPSA) is 43.8 Å². The summed E-state index contributed by atoms with van der Waals surface area (Å²) < 4.78 is 2.26. The van der Waals surface area contributed by atoms with Crippen LogP contribution in [0.4, 0.5) is 5.13 Å². The van der Waals surface area contributed by atoms with Gasteiger partial charge in [-0.25, -0.2) is 4.98 Å². The molecule has 3 nitrogen and oxygen atoms in total. The van der Waals surface area contributed by atoms with Crippen molar-refractivity contribution in [2.45, 2.75) is 13.8 Å². The first kappa shape index (κ1) is 13.6. The maximum Gasteiger partial charge on any atom is 0.180 e. The zero-order valence-corrected chi connectivity index (χ0v) is 12.9. The number of anilines is 1. The fraction of sp³-hybridized carbons (Fsp3) is 0.118. The highest BCUT2D eigenvalue weighted by atomic mass is 32.1. The van der Waals surface area contributed by atoms with Crippen molar-refractivity contribution < 1.29 is 0 Å². The van der Waals surface area contributed by atoms with Gasteiger partial charge >= 0.3 is 0 Å². The molecular formula is C17H17N3S. The number of nitrogens with zero attached hydrogens (tertiary/aromatic N) is 2. The van der Waals surface area contributed by atoms with E-state index < -0.39 is 0 Å². The van der Waals surface area contributed by atoms with Crippen LogP contribution in [0.2, 0.25) is 0 Å². The average molecular weight is 295 g/mol. The van der Waals surface area contributed by atoms with Crippen LogP contribution in [0.15, 0.2) is 41.8 Å². The van der Waals surface area contributed by atoms with Crippen LogP contribution in [0, 0.1) is 13.8 Å². The second-order valence-electron chi connectivity index (χ2n) is 4.94. The Kier molecular flexibility index (Phi) is 3.62. The Morgan fingerprint density at radius 2 is 1.90 bits per heavy atom. The van der Waals surface area contributed by atoms with Gasteiger partial charge in [-0.1, -0.05) is 24.3 Å². The number of rotatable bonds is 3. The van der Waals surface area contributed by atoms with Crippen molar-refractivity contribution in [2.75, 3.05) is 5.73 Å². The van der Waals surface area contributed by atoms with E-state index in [2.05, 4.69) is 59.8 Å². The summed E-state index contributed by atoms with van der Waals surface area (Å²) in [6.07, 6.45) is 4.10. The molecular weight excluding hydrogens is 278 g/mol. The van der Waals surface area contributed by atoms with E-state index in [0.717, 1.165) is 5.69 Å². The van der Waals surface area contributed by atoms with Crippen molar-refractivity contribution in [3.05, 3.63) is 64.4 Å². The predicted octanol–water partition coefficient (Wildman–Crippen LogP) is 4.30. The van der Waals surface area contributed by atoms with E-state index in [1.54, 1.807) is 0 Å². The number of benzene rings is 1. The zero-order chi connectivity index (χ0) is 14.8. The van der Waals surface area contributed by atoms with Gasteiger partial charge in [-0.3, -0.25) is 0 Å². The van der Waals surface area contributed by atoms with Crippen LogP contribution in [0.1, 0.15) is 22.6 Å². The molecule has 2 N–H and O–H groups in total. The molecule has 0 radical (unpaired) electrons. The number of hydrogen-bond acceptors (Lipinski definition) is 3. The molecule has 0 aliphatic rings. The molecule has 0 saturated heterocycles. The van der Waals surface area contributed by atoms with Crippen molar-refractivity contribution in [1.29, 1.82) is 0 Å². The van der Waals surface area contributed by atoms with Crippen LogP contribution < -0.4 is 5.73 Å². The Balaban J connectivity index is 1.97. The van der Waals surface area contributed by atoms with E-state index in [1.807, 2.05) is 17.5 Å². The normalized spacial score (nSPS) is 11.3. The lowest BCUT2D eigenvalue weighted by Crippen LogP contribution is -1.98. The summed E-state index contributed by atoms with van der Waals surface area (Å²) in [6, 6.07) is 12.6. The molecule has 3 aromatic rings. The zero-order valence-electron chi connectivity index (χ0n) is 12.1. The van der Waals surface area contributed by atoms with Crippen molar-refractivity contribution in [1.82, 2.24) is 9.55 Å². The number of thiazole rings is 1. The third-order valence-corrected chi connectivity index (χ3v) is 4.15. The number of nitrogen functional groups attached to an aromatic ring is 1. The summed E-state index contributed by atoms with van der Waals surface area (Å²) in [4.78, 5) is 4.25. The molecule has 21 heavy (non-hydrogen) atoms. The first-order chi connectivity index (χ1) is 10.1. The van der Waals surface area contributed by atoms with Crippen LogP contribution in [0.5, 0.6) is 0 Å². The standard InChI is InChI=1S/C17H17N3S/c1-12-10-14(8-9-15-11-21-17(18)19-15)13(2)20(12)16-6-4-3-5-7-16/h3-11H,1-2H3,(H2,18,19)/b9-8+. The van der Waals surface area contributed by atoms with Crippen molar-refractivity contribution in [2.24, 2.45) is 0 Å². The first-order valence-electron chi connectivity index (χ1n) is 6.78. The molecule has 1 aromatic carbocycles. The van der Waals surface area contributed by atoms with Crippen LogP contribution >= 0.6 is 11.3 Å². The lowest BCUT2D eigenvalue weighted by Gasteiger charge is -2.09. The number of para-hydroxylation sites is 1. The lowest BCUT2D eigenvalue weighted by atomic mass is 10.2. The molecule has 0 spiro atoms. The minimum atomic E-state index is 0.601. The molecule has 0 aliphatic carbocycles. The summed E-state index contributed by atoms with van der Waals surface area (Å²) >= 11 is 1.46. The molecule has 4 heteroatoms. The molecule has 0 amide bonds. The molecule has 106 valence electrons. The number of nitrogens with two attached hydrogens (primary N) is 1. The average Bonchev–Trinajstić information content (AvgIpc) is 3.01. The first-order valence-corrected chi connectivity index (χ1v) is 7.66. The Bertz CT molecular complexity index is 782. The van der Waals surface area contributed by atoms with E-state index in [0.29, 0.717) is 5.13 Å². The largest absolute Gasteiger partial charge is 0.375 e. The van der Waals surface area contributed by atoms with Gasteiger partial charge in [0.15, 0.2) is 5.13 Å². The van der Waals surface area contributed by atoms with Crippen LogP contribution in [0.25, 0.3) is 17.8 Å². The fourth-order valence-corrected chi connectivity index (χ4v) is 3.01. The summed E-state index contributed by atoms with van der Waals surface area (Å²) in [6.45, 7) is 4.26. The quantitative estimate of drug-likeness (QED) is 0.782. The van der Waals surface area contributed by atoms with Crippen molar-refractivity contribution in [3.63, 3.8) is 0 Å².